The Bertz CT molecular complexity index is 243. The van der Waals surface area contributed by atoms with Crippen LogP contribution < -0.4 is 11.1 Å². The highest BCUT2D eigenvalue weighted by Gasteiger charge is 2.26. The maximum absolute atomic E-state index is 12.4. The van der Waals surface area contributed by atoms with Crippen molar-refractivity contribution in [1.29, 1.82) is 0 Å². The number of amides is 1. The fraction of sp³-hybridized carbons (Fsp3) is 0.938. The first-order valence-corrected chi connectivity index (χ1v) is 8.23. The van der Waals surface area contributed by atoms with E-state index < -0.39 is 0 Å². The third-order valence-corrected chi connectivity index (χ3v) is 4.45. The number of nitrogens with two attached hydrogens (primary N) is 1. The van der Waals surface area contributed by atoms with Crippen LogP contribution >= 0.6 is 0 Å². The molecule has 0 radical (unpaired) electrons. The van der Waals surface area contributed by atoms with E-state index in [4.69, 9.17) is 5.73 Å². The molecule has 1 unspecified atom stereocenters. The second-order valence-electron chi connectivity index (χ2n) is 6.02. The van der Waals surface area contributed by atoms with E-state index in [9.17, 15) is 4.79 Å². The normalized spacial score (nSPS) is 18.5. The quantitative estimate of drug-likeness (QED) is 0.710. The molecule has 3 heteroatoms. The molecule has 1 amide bonds. The lowest BCUT2D eigenvalue weighted by Gasteiger charge is -2.31. The number of rotatable bonds is 8. The average molecular weight is 268 g/mol. The average Bonchev–Trinajstić information content (AvgIpc) is 2.45. The lowest BCUT2D eigenvalue weighted by Crippen LogP contribution is -2.47. The van der Waals surface area contributed by atoms with Gasteiger partial charge in [0.25, 0.3) is 0 Å². The minimum Gasteiger partial charge on any atom is -0.352 e. The van der Waals surface area contributed by atoms with Crippen molar-refractivity contribution < 1.29 is 4.79 Å². The molecule has 0 aromatic carbocycles. The SMILES string of the molecule is CCCC(CCC)C(=O)NC(CN)C1CCCCC1. The van der Waals surface area contributed by atoms with Crippen LogP contribution in [0.3, 0.4) is 0 Å². The maximum atomic E-state index is 12.4. The zero-order chi connectivity index (χ0) is 14.1. The fourth-order valence-corrected chi connectivity index (χ4v) is 3.31. The molecule has 1 fully saturated rings. The van der Waals surface area contributed by atoms with Crippen LogP contribution in [0.15, 0.2) is 0 Å². The van der Waals surface area contributed by atoms with Crippen molar-refractivity contribution in [3.05, 3.63) is 0 Å². The van der Waals surface area contributed by atoms with Crippen molar-refractivity contribution in [3.63, 3.8) is 0 Å². The van der Waals surface area contributed by atoms with Crippen molar-refractivity contribution in [1.82, 2.24) is 5.32 Å². The summed E-state index contributed by atoms with van der Waals surface area (Å²) in [6.07, 6.45) is 10.6. The van der Waals surface area contributed by atoms with Crippen molar-refractivity contribution in [2.45, 2.75) is 77.7 Å². The molecule has 0 bridgehead atoms. The Hall–Kier alpha value is -0.570. The molecule has 0 aromatic heterocycles. The van der Waals surface area contributed by atoms with Crippen molar-refractivity contribution in [2.24, 2.45) is 17.6 Å². The molecule has 0 aliphatic heterocycles. The third kappa shape index (κ3) is 5.52. The smallest absolute Gasteiger partial charge is 0.223 e. The molecule has 0 heterocycles. The molecule has 1 aliphatic carbocycles. The number of hydrogen-bond acceptors (Lipinski definition) is 2. The summed E-state index contributed by atoms with van der Waals surface area (Å²) in [4.78, 5) is 12.4. The molecule has 0 saturated heterocycles. The van der Waals surface area contributed by atoms with Gasteiger partial charge in [0.05, 0.1) is 0 Å². The van der Waals surface area contributed by atoms with Crippen LogP contribution in [0.5, 0.6) is 0 Å². The molecular weight excluding hydrogens is 236 g/mol. The molecular formula is C16H32N2O. The summed E-state index contributed by atoms with van der Waals surface area (Å²) in [5.41, 5.74) is 5.89. The summed E-state index contributed by atoms with van der Waals surface area (Å²) in [6, 6.07) is 0.198. The summed E-state index contributed by atoms with van der Waals surface area (Å²) in [6.45, 7) is 4.89. The van der Waals surface area contributed by atoms with Crippen molar-refractivity contribution >= 4 is 5.91 Å². The molecule has 3 nitrogen and oxygen atoms in total. The Morgan fingerprint density at radius 2 is 1.74 bits per heavy atom. The Balaban J connectivity index is 2.49. The topological polar surface area (TPSA) is 55.1 Å². The third-order valence-electron chi connectivity index (χ3n) is 4.45. The fourth-order valence-electron chi connectivity index (χ4n) is 3.31. The second-order valence-corrected chi connectivity index (χ2v) is 6.02. The monoisotopic (exact) mass is 268 g/mol. The van der Waals surface area contributed by atoms with Gasteiger partial charge in [-0.3, -0.25) is 4.79 Å². The first-order valence-electron chi connectivity index (χ1n) is 8.23. The summed E-state index contributed by atoms with van der Waals surface area (Å²) in [7, 11) is 0. The Labute approximate surface area is 118 Å². The Kier molecular flexibility index (Phi) is 8.11. The molecule has 19 heavy (non-hydrogen) atoms. The first kappa shape index (κ1) is 16.5. The van der Waals surface area contributed by atoms with Gasteiger partial charge in [-0.2, -0.15) is 0 Å². The highest BCUT2D eigenvalue weighted by molar-refractivity contribution is 5.78. The van der Waals surface area contributed by atoms with Crippen LogP contribution in [-0.2, 0) is 4.79 Å². The Morgan fingerprint density at radius 3 is 2.21 bits per heavy atom. The van der Waals surface area contributed by atoms with Gasteiger partial charge < -0.3 is 11.1 Å². The zero-order valence-electron chi connectivity index (χ0n) is 12.8. The van der Waals surface area contributed by atoms with E-state index >= 15 is 0 Å². The summed E-state index contributed by atoms with van der Waals surface area (Å²) in [5.74, 6) is 1.03. The summed E-state index contributed by atoms with van der Waals surface area (Å²) in [5, 5.41) is 3.24. The molecule has 112 valence electrons. The molecule has 1 saturated carbocycles. The van der Waals surface area contributed by atoms with Crippen LogP contribution in [0.4, 0.5) is 0 Å². The van der Waals surface area contributed by atoms with E-state index in [0.29, 0.717) is 12.5 Å². The van der Waals surface area contributed by atoms with E-state index in [1.54, 1.807) is 0 Å². The lowest BCUT2D eigenvalue weighted by atomic mass is 9.83. The van der Waals surface area contributed by atoms with Gasteiger partial charge in [-0.15, -0.1) is 0 Å². The van der Waals surface area contributed by atoms with Gasteiger partial charge in [0, 0.05) is 18.5 Å². The van der Waals surface area contributed by atoms with Crippen LogP contribution in [0.2, 0.25) is 0 Å². The largest absolute Gasteiger partial charge is 0.352 e. The highest BCUT2D eigenvalue weighted by Crippen LogP contribution is 2.26. The summed E-state index contributed by atoms with van der Waals surface area (Å²) < 4.78 is 0. The van der Waals surface area contributed by atoms with Crippen molar-refractivity contribution in [3.8, 4) is 0 Å². The van der Waals surface area contributed by atoms with Gasteiger partial charge in [0.15, 0.2) is 0 Å². The van der Waals surface area contributed by atoms with Gasteiger partial charge in [0.2, 0.25) is 5.91 Å². The van der Waals surface area contributed by atoms with Gasteiger partial charge >= 0.3 is 0 Å². The Morgan fingerprint density at radius 1 is 1.16 bits per heavy atom. The van der Waals surface area contributed by atoms with Gasteiger partial charge in [-0.25, -0.2) is 0 Å². The highest BCUT2D eigenvalue weighted by atomic mass is 16.1. The van der Waals surface area contributed by atoms with Crippen LogP contribution in [-0.4, -0.2) is 18.5 Å². The summed E-state index contributed by atoms with van der Waals surface area (Å²) >= 11 is 0. The zero-order valence-corrected chi connectivity index (χ0v) is 12.8. The lowest BCUT2D eigenvalue weighted by molar-refractivity contribution is -0.126. The molecule has 0 spiro atoms. The number of hydrogen-bond donors (Lipinski definition) is 2. The van der Waals surface area contributed by atoms with Crippen molar-refractivity contribution in [2.75, 3.05) is 6.54 Å². The van der Waals surface area contributed by atoms with Gasteiger partial charge in [-0.05, 0) is 31.6 Å². The van der Waals surface area contributed by atoms with Crippen LogP contribution in [0.1, 0.15) is 71.6 Å². The predicted molar refractivity (Wildman–Crippen MR) is 80.9 cm³/mol. The number of nitrogens with one attached hydrogen (secondary N) is 1. The minimum atomic E-state index is 0.188. The van der Waals surface area contributed by atoms with E-state index in [-0.39, 0.29) is 17.9 Å². The van der Waals surface area contributed by atoms with Crippen LogP contribution in [0, 0.1) is 11.8 Å². The minimum absolute atomic E-state index is 0.188. The first-order chi connectivity index (χ1) is 9.22. The molecule has 0 aromatic rings. The predicted octanol–water partition coefficient (Wildman–Crippen LogP) is 3.23. The molecule has 1 atom stereocenters. The van der Waals surface area contributed by atoms with Gasteiger partial charge in [-0.1, -0.05) is 46.0 Å². The van der Waals surface area contributed by atoms with Crippen LogP contribution in [0.25, 0.3) is 0 Å². The van der Waals surface area contributed by atoms with Gasteiger partial charge in [0.1, 0.15) is 0 Å². The van der Waals surface area contributed by atoms with E-state index in [2.05, 4.69) is 19.2 Å². The van der Waals surface area contributed by atoms with E-state index in [0.717, 1.165) is 25.7 Å². The molecule has 1 aliphatic rings. The maximum Gasteiger partial charge on any atom is 0.223 e. The second kappa shape index (κ2) is 9.35. The number of carbonyl (C=O) groups is 1. The molecule has 3 N–H and O–H groups in total. The standard InChI is InChI=1S/C16H32N2O/c1-3-8-14(9-4-2)16(19)18-15(12-17)13-10-6-5-7-11-13/h13-15H,3-12,17H2,1-2H3,(H,18,19). The van der Waals surface area contributed by atoms with E-state index in [1.165, 1.54) is 32.1 Å². The molecule has 1 rings (SSSR count). The number of carbonyl (C=O) groups excluding carboxylic acids is 1. The van der Waals surface area contributed by atoms with E-state index in [1.807, 2.05) is 0 Å².